The molecule has 0 amide bonds. The fourth-order valence-electron chi connectivity index (χ4n) is 2.33. The Morgan fingerprint density at radius 3 is 2.67 bits per heavy atom. The predicted molar refractivity (Wildman–Crippen MR) is 64.9 cm³/mol. The molecule has 3 heteroatoms. The molecular weight excluding hydrogens is 210 g/mol. The van der Waals surface area contributed by atoms with Gasteiger partial charge in [-0.25, -0.2) is 0 Å². The molecule has 1 atom stereocenters. The molecule has 0 saturated carbocycles. The van der Waals surface area contributed by atoms with Gasteiger partial charge in [0, 0.05) is 17.0 Å². The third-order valence-electron chi connectivity index (χ3n) is 3.34. The topological polar surface area (TPSA) is 35.2 Å². The number of ether oxygens (including phenoxy) is 1. The van der Waals surface area contributed by atoms with Crippen LogP contribution < -0.4 is 10.5 Å². The summed E-state index contributed by atoms with van der Waals surface area (Å²) in [4.78, 5) is 0. The summed E-state index contributed by atoms with van der Waals surface area (Å²) in [5, 5.41) is 0. The zero-order valence-electron chi connectivity index (χ0n) is 9.41. The monoisotopic (exact) mass is 227 g/mol. The van der Waals surface area contributed by atoms with Crippen LogP contribution in [0.1, 0.15) is 25.0 Å². The Hall–Kier alpha value is -0.730. The van der Waals surface area contributed by atoms with Gasteiger partial charge in [0.25, 0.3) is 0 Å². The van der Waals surface area contributed by atoms with Gasteiger partial charge in [-0.3, -0.25) is 0 Å². The quantitative estimate of drug-likeness (QED) is 0.799. The van der Waals surface area contributed by atoms with Crippen molar-refractivity contribution in [2.45, 2.75) is 31.7 Å². The van der Waals surface area contributed by atoms with Gasteiger partial charge in [0.15, 0.2) is 0 Å². The molecule has 1 unspecified atom stereocenters. The first-order chi connectivity index (χ1) is 6.57. The zero-order chi connectivity index (χ0) is 10.3. The number of hydrogen-bond acceptors (Lipinski definition) is 2. The normalized spacial score (nSPS) is 21.7. The largest absolute Gasteiger partial charge is 0.496 e. The fraction of sp³-hybridized carbons (Fsp3) is 0.500. The molecule has 0 aromatic heterocycles. The highest BCUT2D eigenvalue weighted by Gasteiger charge is 2.39. The Balaban J connectivity index is 0.00000112. The van der Waals surface area contributed by atoms with Crippen LogP contribution in [-0.2, 0) is 11.8 Å². The maximum absolute atomic E-state index is 6.13. The summed E-state index contributed by atoms with van der Waals surface area (Å²) in [5.41, 5.74) is 8.78. The summed E-state index contributed by atoms with van der Waals surface area (Å²) in [7, 11) is 1.72. The van der Waals surface area contributed by atoms with Crippen molar-refractivity contribution in [2.75, 3.05) is 7.11 Å². The van der Waals surface area contributed by atoms with E-state index in [4.69, 9.17) is 10.5 Å². The van der Waals surface area contributed by atoms with Gasteiger partial charge in [-0.2, -0.15) is 0 Å². The van der Waals surface area contributed by atoms with Crippen LogP contribution in [0.25, 0.3) is 0 Å². The van der Waals surface area contributed by atoms with Gasteiger partial charge in [0.05, 0.1) is 7.11 Å². The Bertz CT molecular complexity index is 363. The van der Waals surface area contributed by atoms with Gasteiger partial charge >= 0.3 is 0 Å². The number of rotatable bonds is 1. The fourth-order valence-corrected chi connectivity index (χ4v) is 2.33. The van der Waals surface area contributed by atoms with E-state index in [2.05, 4.69) is 19.9 Å². The molecule has 0 bridgehead atoms. The molecule has 1 aliphatic carbocycles. The van der Waals surface area contributed by atoms with Crippen molar-refractivity contribution in [1.82, 2.24) is 0 Å². The number of methoxy groups -OCH3 is 1. The minimum absolute atomic E-state index is 0. The van der Waals surface area contributed by atoms with E-state index in [1.807, 2.05) is 12.1 Å². The van der Waals surface area contributed by atoms with Crippen LogP contribution >= 0.6 is 12.4 Å². The number of hydrogen-bond donors (Lipinski definition) is 1. The van der Waals surface area contributed by atoms with Crippen LogP contribution in [0.4, 0.5) is 0 Å². The Morgan fingerprint density at radius 2 is 2.07 bits per heavy atom. The van der Waals surface area contributed by atoms with Crippen molar-refractivity contribution in [2.24, 2.45) is 5.73 Å². The second-order valence-corrected chi connectivity index (χ2v) is 4.53. The molecule has 0 aliphatic heterocycles. The van der Waals surface area contributed by atoms with Gasteiger partial charge in [-0.15, -0.1) is 12.4 Å². The lowest BCUT2D eigenvalue weighted by Crippen LogP contribution is -2.37. The molecule has 84 valence electrons. The van der Waals surface area contributed by atoms with E-state index in [9.17, 15) is 0 Å². The van der Waals surface area contributed by atoms with Crippen LogP contribution in [0.15, 0.2) is 18.2 Å². The molecule has 1 aromatic rings. The second kappa shape index (κ2) is 4.03. The molecule has 0 spiro atoms. The van der Waals surface area contributed by atoms with Crippen LogP contribution in [0.5, 0.6) is 5.75 Å². The molecule has 0 radical (unpaired) electrons. The van der Waals surface area contributed by atoms with Crippen molar-refractivity contribution >= 4 is 12.4 Å². The third kappa shape index (κ3) is 1.72. The van der Waals surface area contributed by atoms with E-state index in [0.29, 0.717) is 0 Å². The molecule has 2 N–H and O–H groups in total. The van der Waals surface area contributed by atoms with Gasteiger partial charge in [0.2, 0.25) is 0 Å². The molecule has 2 nitrogen and oxygen atoms in total. The van der Waals surface area contributed by atoms with Gasteiger partial charge < -0.3 is 10.5 Å². The van der Waals surface area contributed by atoms with E-state index in [0.717, 1.165) is 12.2 Å². The minimum Gasteiger partial charge on any atom is -0.496 e. The van der Waals surface area contributed by atoms with Gasteiger partial charge in [0.1, 0.15) is 5.75 Å². The van der Waals surface area contributed by atoms with E-state index in [1.54, 1.807) is 7.11 Å². The highest BCUT2D eigenvalue weighted by molar-refractivity contribution is 5.85. The molecule has 0 fully saturated rings. The van der Waals surface area contributed by atoms with Crippen LogP contribution in [0.2, 0.25) is 0 Å². The van der Waals surface area contributed by atoms with E-state index < -0.39 is 0 Å². The number of nitrogens with two attached hydrogens (primary N) is 1. The van der Waals surface area contributed by atoms with Crippen LogP contribution in [0, 0.1) is 0 Å². The van der Waals surface area contributed by atoms with E-state index in [1.165, 1.54) is 11.1 Å². The molecule has 1 aromatic carbocycles. The van der Waals surface area contributed by atoms with Crippen LogP contribution in [0.3, 0.4) is 0 Å². The smallest absolute Gasteiger partial charge is 0.122 e. The first kappa shape index (κ1) is 12.3. The molecule has 1 aliphatic rings. The molecule has 0 saturated heterocycles. The summed E-state index contributed by atoms with van der Waals surface area (Å²) in [5.74, 6) is 0.973. The lowest BCUT2D eigenvalue weighted by molar-refractivity contribution is 0.383. The van der Waals surface area contributed by atoms with Crippen molar-refractivity contribution in [3.8, 4) is 5.75 Å². The lowest BCUT2D eigenvalue weighted by Gasteiger charge is -2.26. The van der Waals surface area contributed by atoms with Crippen molar-refractivity contribution in [1.29, 1.82) is 0 Å². The van der Waals surface area contributed by atoms with Crippen LogP contribution in [-0.4, -0.2) is 13.2 Å². The average molecular weight is 228 g/mol. The Morgan fingerprint density at radius 1 is 1.40 bits per heavy atom. The molecular formula is C12H18ClNO. The van der Waals surface area contributed by atoms with Crippen molar-refractivity contribution < 1.29 is 4.74 Å². The number of fused-ring (bicyclic) bond motifs is 1. The Kier molecular flexibility index (Phi) is 3.31. The SMILES string of the molecule is COc1cccc2c1C(C)(C)C(N)C2.Cl. The maximum atomic E-state index is 6.13. The van der Waals surface area contributed by atoms with E-state index >= 15 is 0 Å². The maximum Gasteiger partial charge on any atom is 0.122 e. The highest BCUT2D eigenvalue weighted by Crippen LogP contribution is 2.42. The van der Waals surface area contributed by atoms with Gasteiger partial charge in [-0.05, 0) is 18.1 Å². The number of benzene rings is 1. The predicted octanol–water partition coefficient (Wildman–Crippen LogP) is 2.28. The summed E-state index contributed by atoms with van der Waals surface area (Å²) < 4.78 is 5.39. The molecule has 15 heavy (non-hydrogen) atoms. The van der Waals surface area contributed by atoms with E-state index in [-0.39, 0.29) is 23.9 Å². The summed E-state index contributed by atoms with van der Waals surface area (Å²) in [6.07, 6.45) is 0.958. The summed E-state index contributed by atoms with van der Waals surface area (Å²) in [6.45, 7) is 4.37. The highest BCUT2D eigenvalue weighted by atomic mass is 35.5. The first-order valence-electron chi connectivity index (χ1n) is 4.99. The summed E-state index contributed by atoms with van der Waals surface area (Å²) in [6, 6.07) is 6.39. The molecule has 0 heterocycles. The van der Waals surface area contributed by atoms with Gasteiger partial charge in [-0.1, -0.05) is 26.0 Å². The number of halogens is 1. The first-order valence-corrected chi connectivity index (χ1v) is 4.99. The Labute approximate surface area is 97.2 Å². The zero-order valence-corrected chi connectivity index (χ0v) is 10.2. The minimum atomic E-state index is 0. The third-order valence-corrected chi connectivity index (χ3v) is 3.34. The standard InChI is InChI=1S/C12H17NO.ClH/c1-12(2)10(13)7-8-5-4-6-9(14-3)11(8)12;/h4-6,10H,7,13H2,1-3H3;1H. The lowest BCUT2D eigenvalue weighted by atomic mass is 9.83. The average Bonchev–Trinajstić information content (AvgIpc) is 2.38. The summed E-state index contributed by atoms with van der Waals surface area (Å²) >= 11 is 0. The second-order valence-electron chi connectivity index (χ2n) is 4.53. The molecule has 2 rings (SSSR count). The van der Waals surface area contributed by atoms with Crippen molar-refractivity contribution in [3.05, 3.63) is 29.3 Å². The van der Waals surface area contributed by atoms with Crippen molar-refractivity contribution in [3.63, 3.8) is 0 Å².